The molecule has 2 aliphatic rings. The summed E-state index contributed by atoms with van der Waals surface area (Å²) in [5.74, 6) is 1.69. The van der Waals surface area contributed by atoms with Crippen molar-refractivity contribution < 1.29 is 0 Å². The minimum absolute atomic E-state index is 0.626. The van der Waals surface area contributed by atoms with Crippen LogP contribution >= 0.6 is 22.9 Å². The second-order valence-corrected chi connectivity index (χ2v) is 8.81. The van der Waals surface area contributed by atoms with Crippen molar-refractivity contribution in [2.75, 3.05) is 6.54 Å². The average molecular weight is 383 g/mol. The highest BCUT2D eigenvalue weighted by Gasteiger charge is 2.28. The van der Waals surface area contributed by atoms with Crippen LogP contribution in [0.2, 0.25) is 4.34 Å². The van der Waals surface area contributed by atoms with Crippen LogP contribution in [0.3, 0.4) is 0 Å². The van der Waals surface area contributed by atoms with E-state index < -0.39 is 0 Å². The van der Waals surface area contributed by atoms with Gasteiger partial charge >= 0.3 is 0 Å². The van der Waals surface area contributed by atoms with Crippen LogP contribution in [0.15, 0.2) is 36.7 Å². The van der Waals surface area contributed by atoms with Crippen molar-refractivity contribution in [1.29, 1.82) is 0 Å². The van der Waals surface area contributed by atoms with E-state index in [1.54, 1.807) is 11.3 Å². The molecule has 1 saturated carbocycles. The van der Waals surface area contributed by atoms with Crippen LogP contribution in [-0.4, -0.2) is 26.4 Å². The normalized spacial score (nSPS) is 17.3. The Bertz CT molecular complexity index is 933. The van der Waals surface area contributed by atoms with Crippen molar-refractivity contribution in [2.45, 2.75) is 38.3 Å². The first-order valence-corrected chi connectivity index (χ1v) is 10.2. The number of aromatic nitrogens is 3. The summed E-state index contributed by atoms with van der Waals surface area (Å²) in [5, 5.41) is 0. The lowest BCUT2D eigenvalue weighted by Crippen LogP contribution is -2.31. The van der Waals surface area contributed by atoms with E-state index in [1.807, 2.05) is 24.5 Å². The molecular formula is C20H19ClN4S. The minimum Gasteiger partial charge on any atom is -0.294 e. The van der Waals surface area contributed by atoms with Crippen LogP contribution in [0.1, 0.15) is 41.4 Å². The number of fused-ring (bicyclic) bond motifs is 1. The molecule has 0 spiro atoms. The molecule has 0 radical (unpaired) electrons. The third-order valence-corrected chi connectivity index (χ3v) is 6.28. The Labute approximate surface area is 161 Å². The zero-order valence-corrected chi connectivity index (χ0v) is 15.9. The lowest BCUT2D eigenvalue weighted by molar-refractivity contribution is 0.242. The molecule has 0 amide bonds. The molecule has 1 aliphatic carbocycles. The van der Waals surface area contributed by atoms with E-state index in [0.717, 1.165) is 46.8 Å². The first kappa shape index (κ1) is 16.4. The first-order valence-electron chi connectivity index (χ1n) is 9.02. The molecule has 0 N–H and O–H groups in total. The lowest BCUT2D eigenvalue weighted by Gasteiger charge is -2.28. The van der Waals surface area contributed by atoms with Gasteiger partial charge in [0.25, 0.3) is 0 Å². The summed E-state index contributed by atoms with van der Waals surface area (Å²) >= 11 is 7.58. The smallest absolute Gasteiger partial charge is 0.131 e. The molecular weight excluding hydrogens is 364 g/mol. The lowest BCUT2D eigenvalue weighted by atomic mass is 10.1. The summed E-state index contributed by atoms with van der Waals surface area (Å²) in [6.45, 7) is 2.86. The van der Waals surface area contributed by atoms with Crippen LogP contribution in [0.5, 0.6) is 0 Å². The quantitative estimate of drug-likeness (QED) is 0.656. The third kappa shape index (κ3) is 3.39. The predicted molar refractivity (Wildman–Crippen MR) is 104 cm³/mol. The first-order chi connectivity index (χ1) is 12.7. The summed E-state index contributed by atoms with van der Waals surface area (Å²) in [7, 11) is 0. The van der Waals surface area contributed by atoms with Crippen LogP contribution < -0.4 is 0 Å². The Kier molecular flexibility index (Phi) is 4.23. The standard InChI is InChI=1S/C20H19ClN4S/c21-19-6-5-18(26-19)17-4-1-13(9-22-17)11-25-8-7-16-15(12-25)10-23-20(24-16)14-2-3-14/h1,4-6,9-10,14H,2-3,7-8,11-12H2. The van der Waals surface area contributed by atoms with Crippen LogP contribution in [-0.2, 0) is 19.5 Å². The Morgan fingerprint density at radius 3 is 2.77 bits per heavy atom. The Balaban J connectivity index is 1.27. The third-order valence-electron chi connectivity index (χ3n) is 5.03. The number of hydrogen-bond acceptors (Lipinski definition) is 5. The van der Waals surface area contributed by atoms with Crippen LogP contribution in [0.25, 0.3) is 10.6 Å². The zero-order valence-electron chi connectivity index (χ0n) is 14.4. The zero-order chi connectivity index (χ0) is 17.5. The number of rotatable bonds is 4. The van der Waals surface area contributed by atoms with E-state index in [0.29, 0.717) is 5.92 Å². The maximum atomic E-state index is 6.02. The van der Waals surface area contributed by atoms with Gasteiger partial charge in [-0.05, 0) is 36.6 Å². The van der Waals surface area contributed by atoms with Gasteiger partial charge in [-0.2, -0.15) is 0 Å². The van der Waals surface area contributed by atoms with Crippen molar-refractivity contribution in [1.82, 2.24) is 19.9 Å². The highest BCUT2D eigenvalue weighted by atomic mass is 35.5. The van der Waals surface area contributed by atoms with Gasteiger partial charge in [-0.1, -0.05) is 17.7 Å². The van der Waals surface area contributed by atoms with Gasteiger partial charge in [-0.25, -0.2) is 9.97 Å². The molecule has 132 valence electrons. The molecule has 1 fully saturated rings. The molecule has 0 bridgehead atoms. The molecule has 0 atom stereocenters. The van der Waals surface area contributed by atoms with E-state index in [2.05, 4.69) is 27.0 Å². The topological polar surface area (TPSA) is 41.9 Å². The van der Waals surface area contributed by atoms with E-state index in [9.17, 15) is 0 Å². The maximum absolute atomic E-state index is 6.02. The number of hydrogen-bond donors (Lipinski definition) is 0. The molecule has 6 heteroatoms. The number of halogens is 1. The van der Waals surface area contributed by atoms with Gasteiger partial charge in [0.15, 0.2) is 0 Å². The summed E-state index contributed by atoms with van der Waals surface area (Å²) in [6.07, 6.45) is 7.54. The summed E-state index contributed by atoms with van der Waals surface area (Å²) < 4.78 is 0.796. The molecule has 0 saturated heterocycles. The van der Waals surface area contributed by atoms with E-state index >= 15 is 0 Å². The van der Waals surface area contributed by atoms with E-state index in [4.69, 9.17) is 16.6 Å². The van der Waals surface area contributed by atoms with Crippen molar-refractivity contribution in [2.24, 2.45) is 0 Å². The second-order valence-electron chi connectivity index (χ2n) is 7.09. The van der Waals surface area contributed by atoms with Crippen molar-refractivity contribution in [3.8, 4) is 10.6 Å². The van der Waals surface area contributed by atoms with Crippen LogP contribution in [0.4, 0.5) is 0 Å². The Morgan fingerprint density at radius 2 is 2.04 bits per heavy atom. The summed E-state index contributed by atoms with van der Waals surface area (Å²) in [4.78, 5) is 17.6. The largest absolute Gasteiger partial charge is 0.294 e. The molecule has 0 aromatic carbocycles. The molecule has 5 rings (SSSR count). The Morgan fingerprint density at radius 1 is 1.12 bits per heavy atom. The minimum atomic E-state index is 0.626. The molecule has 0 unspecified atom stereocenters. The summed E-state index contributed by atoms with van der Waals surface area (Å²) in [6, 6.07) is 8.18. The van der Waals surface area contributed by atoms with Gasteiger partial charge in [0.2, 0.25) is 0 Å². The molecule has 4 nitrogen and oxygen atoms in total. The van der Waals surface area contributed by atoms with Crippen molar-refractivity contribution in [3.05, 3.63) is 63.6 Å². The van der Waals surface area contributed by atoms with Gasteiger partial charge in [-0.15, -0.1) is 11.3 Å². The van der Waals surface area contributed by atoms with Gasteiger partial charge < -0.3 is 0 Å². The van der Waals surface area contributed by atoms with Gasteiger partial charge in [0, 0.05) is 55.6 Å². The number of thiophene rings is 1. The molecule has 1 aliphatic heterocycles. The molecule has 4 heterocycles. The van der Waals surface area contributed by atoms with E-state index in [1.165, 1.54) is 29.7 Å². The van der Waals surface area contributed by atoms with Crippen molar-refractivity contribution in [3.63, 3.8) is 0 Å². The SMILES string of the molecule is Clc1ccc(-c2ccc(CN3CCc4nc(C5CC5)ncc4C3)cn2)s1. The van der Waals surface area contributed by atoms with Gasteiger partial charge in [0.1, 0.15) is 5.82 Å². The van der Waals surface area contributed by atoms with Gasteiger partial charge in [-0.3, -0.25) is 9.88 Å². The fourth-order valence-electron chi connectivity index (χ4n) is 3.44. The molecule has 3 aromatic rings. The van der Waals surface area contributed by atoms with Gasteiger partial charge in [0.05, 0.1) is 14.9 Å². The second kappa shape index (κ2) is 6.72. The van der Waals surface area contributed by atoms with Crippen molar-refractivity contribution >= 4 is 22.9 Å². The molecule has 3 aromatic heterocycles. The van der Waals surface area contributed by atoms with E-state index in [-0.39, 0.29) is 0 Å². The fraction of sp³-hybridized carbons (Fsp3) is 0.350. The monoisotopic (exact) mass is 382 g/mol. The van der Waals surface area contributed by atoms with Crippen LogP contribution in [0, 0.1) is 0 Å². The Hall–Kier alpha value is -1.82. The highest BCUT2D eigenvalue weighted by Crippen LogP contribution is 2.38. The maximum Gasteiger partial charge on any atom is 0.131 e. The highest BCUT2D eigenvalue weighted by molar-refractivity contribution is 7.19. The number of pyridine rings is 1. The number of nitrogens with zero attached hydrogens (tertiary/aromatic N) is 4. The summed E-state index contributed by atoms with van der Waals surface area (Å²) in [5.41, 5.74) is 4.74. The average Bonchev–Trinajstić information content (AvgIpc) is 3.43. The fourth-order valence-corrected chi connectivity index (χ4v) is 4.46. The molecule has 26 heavy (non-hydrogen) atoms. The predicted octanol–water partition coefficient (Wildman–Crippen LogP) is 4.69.